The monoisotopic (exact) mass is 409 g/mol. The molecule has 0 unspecified atom stereocenters. The molecular weight excluding hydrogens is 390 g/mol. The van der Waals surface area contributed by atoms with E-state index in [0.29, 0.717) is 5.39 Å². The van der Waals surface area contributed by atoms with Crippen molar-refractivity contribution in [2.24, 2.45) is 7.05 Å². The molecule has 148 valence electrons. The molecule has 0 radical (unpaired) electrons. The van der Waals surface area contributed by atoms with Crippen LogP contribution in [0.15, 0.2) is 76.7 Å². The van der Waals surface area contributed by atoms with Crippen molar-refractivity contribution >= 4 is 20.8 Å². The van der Waals surface area contributed by atoms with Gasteiger partial charge in [-0.3, -0.25) is 9.48 Å². The summed E-state index contributed by atoms with van der Waals surface area (Å²) in [5, 5.41) is 9.52. The van der Waals surface area contributed by atoms with Crippen molar-refractivity contribution in [3.63, 3.8) is 0 Å². The zero-order chi connectivity index (χ0) is 20.4. The quantitative estimate of drug-likeness (QED) is 0.523. The first-order valence-electron chi connectivity index (χ1n) is 8.99. The Morgan fingerprint density at radius 3 is 2.48 bits per heavy atom. The molecule has 2 aromatic carbocycles. The number of rotatable bonds is 6. The van der Waals surface area contributed by atoms with Gasteiger partial charge >= 0.3 is 0 Å². The van der Waals surface area contributed by atoms with Crippen molar-refractivity contribution in [3.05, 3.63) is 77.3 Å². The summed E-state index contributed by atoms with van der Waals surface area (Å²) in [6, 6.07) is 15.6. The number of nitrogens with zero attached hydrogens (tertiary/aromatic N) is 4. The Balaban J connectivity index is 1.46. The van der Waals surface area contributed by atoms with E-state index in [1.165, 1.54) is 4.68 Å². The van der Waals surface area contributed by atoms with Crippen LogP contribution in [-0.4, -0.2) is 34.5 Å². The fraction of sp³-hybridized carbons (Fsp3) is 0.150. The lowest BCUT2D eigenvalue weighted by Crippen LogP contribution is -2.32. The van der Waals surface area contributed by atoms with Gasteiger partial charge in [-0.1, -0.05) is 30.3 Å². The number of fused-ring (bicyclic) bond motifs is 1. The van der Waals surface area contributed by atoms with E-state index < -0.39 is 10.0 Å². The number of aryl methyl sites for hydroxylation is 1. The summed E-state index contributed by atoms with van der Waals surface area (Å²) in [7, 11) is -1.87. The highest BCUT2D eigenvalue weighted by Crippen LogP contribution is 2.20. The van der Waals surface area contributed by atoms with Crippen LogP contribution in [-0.2, 0) is 23.6 Å². The van der Waals surface area contributed by atoms with Gasteiger partial charge in [0.25, 0.3) is 5.56 Å². The summed E-state index contributed by atoms with van der Waals surface area (Å²) >= 11 is 0. The minimum absolute atomic E-state index is 0.0526. The number of aromatic nitrogens is 4. The molecule has 8 nitrogen and oxygen atoms in total. The molecule has 0 amide bonds. The van der Waals surface area contributed by atoms with Crippen molar-refractivity contribution < 1.29 is 8.42 Å². The Hall–Kier alpha value is -3.30. The minimum Gasteiger partial charge on any atom is -0.268 e. The van der Waals surface area contributed by atoms with Crippen molar-refractivity contribution in [3.8, 4) is 11.3 Å². The topological polar surface area (TPSA) is 98.9 Å². The van der Waals surface area contributed by atoms with E-state index in [-0.39, 0.29) is 23.5 Å². The van der Waals surface area contributed by atoms with Gasteiger partial charge < -0.3 is 0 Å². The van der Waals surface area contributed by atoms with Gasteiger partial charge in [0.1, 0.15) is 0 Å². The number of sulfonamides is 1. The molecule has 4 aromatic rings. The first kappa shape index (κ1) is 19.0. The fourth-order valence-corrected chi connectivity index (χ4v) is 4.14. The van der Waals surface area contributed by atoms with Gasteiger partial charge in [0, 0.05) is 25.2 Å². The number of hydrogen-bond acceptors (Lipinski definition) is 5. The standard InChI is InChI=1S/C20H19N5O3S/c1-24-19(10-11-21-24)15-6-8-17(9-7-15)29(27,28)23-12-13-25-20(26)18-5-3-2-4-16(18)14-22-25/h2-11,14,23H,12-13H2,1H3. The maximum atomic E-state index is 12.5. The third-order valence-electron chi connectivity index (χ3n) is 4.66. The average Bonchev–Trinajstić information content (AvgIpc) is 3.16. The molecule has 0 aliphatic carbocycles. The fourth-order valence-electron chi connectivity index (χ4n) is 3.12. The second kappa shape index (κ2) is 7.61. The van der Waals surface area contributed by atoms with E-state index in [4.69, 9.17) is 0 Å². The lowest BCUT2D eigenvalue weighted by Gasteiger charge is -2.09. The van der Waals surface area contributed by atoms with Crippen molar-refractivity contribution in [2.45, 2.75) is 11.4 Å². The van der Waals surface area contributed by atoms with E-state index in [1.807, 2.05) is 25.2 Å². The second-order valence-electron chi connectivity index (χ2n) is 6.52. The Kier molecular flexibility index (Phi) is 4.99. The maximum absolute atomic E-state index is 12.5. The lowest BCUT2D eigenvalue weighted by atomic mass is 10.1. The Bertz CT molecular complexity index is 1320. The van der Waals surface area contributed by atoms with Gasteiger partial charge in [0.2, 0.25) is 10.0 Å². The molecule has 4 rings (SSSR count). The van der Waals surface area contributed by atoms with Crippen LogP contribution in [0.25, 0.3) is 22.0 Å². The molecule has 9 heteroatoms. The summed E-state index contributed by atoms with van der Waals surface area (Å²) in [6.07, 6.45) is 3.28. The predicted octanol–water partition coefficient (Wildman–Crippen LogP) is 1.78. The van der Waals surface area contributed by atoms with Crippen LogP contribution in [0.1, 0.15) is 0 Å². The molecule has 2 heterocycles. The largest absolute Gasteiger partial charge is 0.274 e. The molecule has 0 fully saturated rings. The molecule has 1 N–H and O–H groups in total. The van der Waals surface area contributed by atoms with Crippen molar-refractivity contribution in [1.29, 1.82) is 0 Å². The lowest BCUT2D eigenvalue weighted by molar-refractivity contribution is 0.550. The molecule has 0 aliphatic heterocycles. The molecule has 0 aliphatic rings. The molecule has 2 aromatic heterocycles. The van der Waals surface area contributed by atoms with Crippen LogP contribution in [0.4, 0.5) is 0 Å². The summed E-state index contributed by atoms with van der Waals surface area (Å²) in [6.45, 7) is 0.188. The van der Waals surface area contributed by atoms with Gasteiger partial charge in [-0.15, -0.1) is 0 Å². The van der Waals surface area contributed by atoms with Gasteiger partial charge in [0.05, 0.1) is 28.7 Å². The molecule has 0 saturated heterocycles. The Morgan fingerprint density at radius 2 is 1.76 bits per heavy atom. The summed E-state index contributed by atoms with van der Waals surface area (Å²) in [4.78, 5) is 12.6. The minimum atomic E-state index is -3.70. The van der Waals surface area contributed by atoms with Gasteiger partial charge in [-0.2, -0.15) is 10.2 Å². The molecule has 0 bridgehead atoms. The number of benzene rings is 2. The molecule has 0 saturated carbocycles. The zero-order valence-corrected chi connectivity index (χ0v) is 16.5. The highest BCUT2D eigenvalue weighted by molar-refractivity contribution is 7.89. The van der Waals surface area contributed by atoms with E-state index in [1.54, 1.807) is 53.5 Å². The molecular formula is C20H19N5O3S. The van der Waals surface area contributed by atoms with Crippen molar-refractivity contribution in [2.75, 3.05) is 6.54 Å². The summed E-state index contributed by atoms with van der Waals surface area (Å²) in [5.41, 5.74) is 1.52. The van der Waals surface area contributed by atoms with E-state index >= 15 is 0 Å². The van der Waals surface area contributed by atoms with Gasteiger partial charge in [0.15, 0.2) is 0 Å². The van der Waals surface area contributed by atoms with Crippen LogP contribution in [0.5, 0.6) is 0 Å². The van der Waals surface area contributed by atoms with E-state index in [2.05, 4.69) is 14.9 Å². The van der Waals surface area contributed by atoms with Gasteiger partial charge in [-0.25, -0.2) is 17.8 Å². The van der Waals surface area contributed by atoms with Crippen molar-refractivity contribution in [1.82, 2.24) is 24.3 Å². The van der Waals surface area contributed by atoms with Crippen LogP contribution in [0, 0.1) is 0 Å². The predicted molar refractivity (Wildman–Crippen MR) is 110 cm³/mol. The smallest absolute Gasteiger partial charge is 0.268 e. The average molecular weight is 409 g/mol. The van der Waals surface area contributed by atoms with E-state index in [0.717, 1.165) is 16.6 Å². The SMILES string of the molecule is Cn1nccc1-c1ccc(S(=O)(=O)NCCn2ncc3ccccc3c2=O)cc1. The van der Waals surface area contributed by atoms with E-state index in [9.17, 15) is 13.2 Å². The molecule has 0 spiro atoms. The Morgan fingerprint density at radius 1 is 1.00 bits per heavy atom. The van der Waals surface area contributed by atoms with Crippen LogP contribution in [0.3, 0.4) is 0 Å². The molecule has 0 atom stereocenters. The third kappa shape index (κ3) is 3.82. The molecule has 29 heavy (non-hydrogen) atoms. The first-order valence-corrected chi connectivity index (χ1v) is 10.5. The summed E-state index contributed by atoms with van der Waals surface area (Å²) < 4.78 is 30.6. The zero-order valence-electron chi connectivity index (χ0n) is 15.7. The third-order valence-corrected chi connectivity index (χ3v) is 6.14. The van der Waals surface area contributed by atoms with Crippen LogP contribution < -0.4 is 10.3 Å². The number of nitrogens with one attached hydrogen (secondary N) is 1. The van der Waals surface area contributed by atoms with Crippen LogP contribution in [0.2, 0.25) is 0 Å². The van der Waals surface area contributed by atoms with Crippen LogP contribution >= 0.6 is 0 Å². The Labute approximate surface area is 167 Å². The highest BCUT2D eigenvalue weighted by atomic mass is 32.2. The first-order chi connectivity index (χ1) is 14.0. The summed E-state index contributed by atoms with van der Waals surface area (Å²) in [5.74, 6) is 0. The van der Waals surface area contributed by atoms with Gasteiger partial charge in [-0.05, 0) is 29.8 Å². The number of hydrogen-bond donors (Lipinski definition) is 1. The highest BCUT2D eigenvalue weighted by Gasteiger charge is 2.14. The maximum Gasteiger partial charge on any atom is 0.274 e. The second-order valence-corrected chi connectivity index (χ2v) is 8.29. The normalized spacial score (nSPS) is 11.8.